The highest BCUT2D eigenvalue weighted by atomic mass is 16.5. The highest BCUT2D eigenvalue weighted by Crippen LogP contribution is 2.27. The van der Waals surface area contributed by atoms with Crippen LogP contribution in [0.5, 0.6) is 11.5 Å². The highest BCUT2D eigenvalue weighted by Gasteiger charge is 2.35. The molecule has 0 radical (unpaired) electrons. The molecule has 7 heteroatoms. The van der Waals surface area contributed by atoms with Crippen LogP contribution in [0.15, 0.2) is 18.2 Å². The van der Waals surface area contributed by atoms with Gasteiger partial charge in [-0.15, -0.1) is 0 Å². The molecule has 1 saturated heterocycles. The number of nitrogens with one attached hydrogen (secondary N) is 2. The van der Waals surface area contributed by atoms with E-state index < -0.39 is 6.04 Å². The lowest BCUT2D eigenvalue weighted by Gasteiger charge is -2.31. The quantitative estimate of drug-likeness (QED) is 0.659. The van der Waals surface area contributed by atoms with Crippen molar-refractivity contribution in [2.45, 2.75) is 25.9 Å². The van der Waals surface area contributed by atoms with Crippen molar-refractivity contribution in [3.63, 3.8) is 0 Å². The molecule has 1 fully saturated rings. The van der Waals surface area contributed by atoms with Crippen LogP contribution in [0.25, 0.3) is 0 Å². The Morgan fingerprint density at radius 3 is 2.71 bits per heavy atom. The van der Waals surface area contributed by atoms with E-state index in [1.54, 1.807) is 21.1 Å². The molecular formula is C17H25N2O5+. The molecule has 2 atom stereocenters. The van der Waals surface area contributed by atoms with E-state index >= 15 is 0 Å². The van der Waals surface area contributed by atoms with Crippen LogP contribution in [0.1, 0.15) is 18.9 Å². The molecular weight excluding hydrogens is 312 g/mol. The largest absolute Gasteiger partial charge is 0.493 e. The topological polar surface area (TPSA) is 78.3 Å². The van der Waals surface area contributed by atoms with Gasteiger partial charge >= 0.3 is 5.97 Å². The minimum atomic E-state index is -0.439. The Bertz CT molecular complexity index is 590. The van der Waals surface area contributed by atoms with E-state index in [1.165, 1.54) is 0 Å². The molecule has 1 heterocycles. The molecule has 0 spiro atoms. The first kappa shape index (κ1) is 18.1. The molecule has 0 aliphatic carbocycles. The normalized spacial score (nSPS) is 20.2. The van der Waals surface area contributed by atoms with E-state index in [0.717, 1.165) is 17.0 Å². The second-order valence-corrected chi connectivity index (χ2v) is 5.63. The first-order valence-electron chi connectivity index (χ1n) is 8.07. The molecule has 1 unspecified atom stereocenters. The molecule has 1 amide bonds. The Kier molecular flexibility index (Phi) is 6.43. The van der Waals surface area contributed by atoms with Crippen molar-refractivity contribution >= 4 is 11.9 Å². The van der Waals surface area contributed by atoms with Gasteiger partial charge in [-0.05, 0) is 25.1 Å². The van der Waals surface area contributed by atoms with E-state index in [-0.39, 0.29) is 18.3 Å². The number of hydrogen-bond acceptors (Lipinski definition) is 5. The summed E-state index contributed by atoms with van der Waals surface area (Å²) in [6.45, 7) is 4.05. The smallest absolute Gasteiger partial charge is 0.312 e. The first-order valence-corrected chi connectivity index (χ1v) is 8.07. The lowest BCUT2D eigenvalue weighted by atomic mass is 10.1. The zero-order chi connectivity index (χ0) is 17.5. The molecule has 0 bridgehead atoms. The Morgan fingerprint density at radius 1 is 1.29 bits per heavy atom. The summed E-state index contributed by atoms with van der Waals surface area (Å²) in [4.78, 5) is 25.0. The van der Waals surface area contributed by atoms with Gasteiger partial charge < -0.3 is 24.4 Å². The van der Waals surface area contributed by atoms with E-state index in [0.29, 0.717) is 31.2 Å². The van der Waals surface area contributed by atoms with Crippen molar-refractivity contribution in [2.24, 2.45) is 0 Å². The fraction of sp³-hybridized carbons (Fsp3) is 0.529. The van der Waals surface area contributed by atoms with Gasteiger partial charge in [-0.1, -0.05) is 0 Å². The molecule has 7 nitrogen and oxygen atoms in total. The van der Waals surface area contributed by atoms with Crippen molar-refractivity contribution in [3.8, 4) is 11.5 Å². The number of quaternary nitrogens is 1. The van der Waals surface area contributed by atoms with E-state index in [9.17, 15) is 9.59 Å². The van der Waals surface area contributed by atoms with Crippen LogP contribution in [-0.2, 0) is 20.9 Å². The minimum absolute atomic E-state index is 0.0856. The Morgan fingerprint density at radius 2 is 2.04 bits per heavy atom. The van der Waals surface area contributed by atoms with Crippen LogP contribution < -0.4 is 19.7 Å². The highest BCUT2D eigenvalue weighted by molar-refractivity contribution is 5.85. The van der Waals surface area contributed by atoms with Crippen LogP contribution in [0.2, 0.25) is 0 Å². The van der Waals surface area contributed by atoms with Crippen molar-refractivity contribution in [1.82, 2.24) is 5.32 Å². The van der Waals surface area contributed by atoms with Crippen LogP contribution in [0.4, 0.5) is 0 Å². The third kappa shape index (κ3) is 4.38. The molecule has 132 valence electrons. The number of rotatable bonds is 7. The second kappa shape index (κ2) is 8.54. The van der Waals surface area contributed by atoms with Crippen LogP contribution >= 0.6 is 0 Å². The molecule has 24 heavy (non-hydrogen) atoms. The number of carbonyl (C=O) groups excluding carboxylic acids is 2. The number of benzene rings is 1. The van der Waals surface area contributed by atoms with Crippen LogP contribution in [0, 0.1) is 0 Å². The van der Waals surface area contributed by atoms with Crippen molar-refractivity contribution < 1.29 is 28.7 Å². The summed E-state index contributed by atoms with van der Waals surface area (Å²) in [5, 5.41) is 2.82. The third-order valence-electron chi connectivity index (χ3n) is 4.11. The van der Waals surface area contributed by atoms with E-state index in [4.69, 9.17) is 14.2 Å². The maximum Gasteiger partial charge on any atom is 0.312 e. The molecule has 1 aliphatic rings. The van der Waals surface area contributed by atoms with Gasteiger partial charge in [0.1, 0.15) is 13.0 Å². The Labute approximate surface area is 141 Å². The lowest BCUT2D eigenvalue weighted by molar-refractivity contribution is -0.930. The van der Waals surface area contributed by atoms with Gasteiger partial charge in [0.2, 0.25) is 0 Å². The molecule has 1 aromatic rings. The predicted octanol–water partition coefficient (Wildman–Crippen LogP) is -0.460. The van der Waals surface area contributed by atoms with Gasteiger partial charge in [-0.25, -0.2) is 0 Å². The van der Waals surface area contributed by atoms with Crippen molar-refractivity contribution in [1.29, 1.82) is 0 Å². The molecule has 2 rings (SSSR count). The number of piperazine rings is 1. The summed E-state index contributed by atoms with van der Waals surface area (Å²) in [5.41, 5.74) is 1.02. The summed E-state index contributed by atoms with van der Waals surface area (Å²) in [6, 6.07) is 5.26. The summed E-state index contributed by atoms with van der Waals surface area (Å²) in [6.07, 6.45) is 0.0856. The summed E-state index contributed by atoms with van der Waals surface area (Å²) in [5.74, 6) is 0.864. The average molecular weight is 337 g/mol. The van der Waals surface area contributed by atoms with Crippen LogP contribution in [0.3, 0.4) is 0 Å². The number of hydrogen-bond donors (Lipinski definition) is 2. The van der Waals surface area contributed by atoms with Crippen LogP contribution in [-0.4, -0.2) is 51.8 Å². The number of amides is 1. The zero-order valence-corrected chi connectivity index (χ0v) is 14.4. The summed E-state index contributed by atoms with van der Waals surface area (Å²) < 4.78 is 15.6. The van der Waals surface area contributed by atoms with Gasteiger partial charge in [0.15, 0.2) is 17.5 Å². The maximum atomic E-state index is 12.2. The van der Waals surface area contributed by atoms with E-state index in [1.807, 2.05) is 18.2 Å². The second-order valence-electron chi connectivity index (χ2n) is 5.63. The first-order chi connectivity index (χ1) is 11.6. The van der Waals surface area contributed by atoms with Crippen molar-refractivity contribution in [2.75, 3.05) is 33.9 Å². The number of ether oxygens (including phenoxy) is 3. The van der Waals surface area contributed by atoms with E-state index in [2.05, 4.69) is 5.32 Å². The third-order valence-corrected chi connectivity index (χ3v) is 4.11. The van der Waals surface area contributed by atoms with Gasteiger partial charge in [0.05, 0.1) is 33.9 Å². The zero-order valence-electron chi connectivity index (χ0n) is 14.4. The van der Waals surface area contributed by atoms with Gasteiger partial charge in [-0.3, -0.25) is 9.59 Å². The van der Waals surface area contributed by atoms with Crippen molar-refractivity contribution in [3.05, 3.63) is 23.8 Å². The van der Waals surface area contributed by atoms with Gasteiger partial charge in [-0.2, -0.15) is 0 Å². The molecule has 2 N–H and O–H groups in total. The summed E-state index contributed by atoms with van der Waals surface area (Å²) >= 11 is 0. The number of methoxy groups -OCH3 is 2. The Hall–Kier alpha value is -2.28. The number of esters is 1. The fourth-order valence-corrected chi connectivity index (χ4v) is 2.92. The molecule has 1 aliphatic heterocycles. The SMILES string of the molecule is CCOC(=O)C[C@H]1C(=O)NCC[NH+]1Cc1ccc(OC)c(OC)c1. The maximum absolute atomic E-state index is 12.2. The predicted molar refractivity (Wildman–Crippen MR) is 87.1 cm³/mol. The average Bonchev–Trinajstić information content (AvgIpc) is 2.58. The fourth-order valence-electron chi connectivity index (χ4n) is 2.92. The lowest BCUT2D eigenvalue weighted by Crippen LogP contribution is -3.18. The minimum Gasteiger partial charge on any atom is -0.493 e. The van der Waals surface area contributed by atoms with Gasteiger partial charge in [0, 0.05) is 5.56 Å². The number of carbonyl (C=O) groups is 2. The summed E-state index contributed by atoms with van der Waals surface area (Å²) in [7, 11) is 3.18. The van der Waals surface area contributed by atoms with Gasteiger partial charge in [0.25, 0.3) is 5.91 Å². The molecule has 0 saturated carbocycles. The standard InChI is InChI=1S/C17H24N2O5/c1-4-24-16(20)10-13-17(21)18-7-8-19(13)11-12-5-6-14(22-2)15(9-12)23-3/h5-6,9,13H,4,7-8,10-11H2,1-3H3,(H,18,21)/p+1/t13-/m0/s1. The molecule has 0 aromatic heterocycles. The monoisotopic (exact) mass is 337 g/mol. The molecule has 1 aromatic carbocycles. The Balaban J connectivity index is 2.12.